The summed E-state index contributed by atoms with van der Waals surface area (Å²) in [6.07, 6.45) is -2.08. The summed E-state index contributed by atoms with van der Waals surface area (Å²) < 4.78 is 0.569. The van der Waals surface area contributed by atoms with E-state index >= 15 is 0 Å². The fraction of sp³-hybridized carbons (Fsp3) is 0.800. The van der Waals surface area contributed by atoms with Crippen molar-refractivity contribution < 1.29 is 24.5 Å². The van der Waals surface area contributed by atoms with Crippen molar-refractivity contribution in [2.45, 2.75) is 0 Å². The molecule has 0 spiro atoms. The average molecular weight is 151 g/mol. The average Bonchev–Trinajstić information content (AvgIpc) is 1.63. The Bertz CT molecular complexity index is 92.3. The molecule has 0 aliphatic carbocycles. The third-order valence-electron chi connectivity index (χ3n) is 0.548. The fourth-order valence-corrected chi connectivity index (χ4v) is 0. The van der Waals surface area contributed by atoms with Gasteiger partial charge in [0.25, 0.3) is 0 Å². The van der Waals surface area contributed by atoms with Crippen molar-refractivity contribution in [3.8, 4) is 0 Å². The molecule has 0 radical (unpaired) electrons. The van der Waals surface area contributed by atoms with E-state index in [0.717, 1.165) is 0 Å². The molecule has 5 nitrogen and oxygen atoms in total. The second kappa shape index (κ2) is 5.01. The Balaban J connectivity index is 0. The van der Waals surface area contributed by atoms with E-state index in [2.05, 4.69) is 0 Å². The van der Waals surface area contributed by atoms with Crippen LogP contribution in [0, 0.1) is 0 Å². The summed E-state index contributed by atoms with van der Waals surface area (Å²) in [5, 5.41) is 15.3. The second-order valence-corrected chi connectivity index (χ2v) is 2.34. The minimum absolute atomic E-state index is 0.569. The number of quaternary nitrogens is 1. The first-order valence-corrected chi connectivity index (χ1v) is 2.56. The molecule has 0 unspecified atom stereocenters. The lowest BCUT2D eigenvalue weighted by Gasteiger charge is -2.17. The van der Waals surface area contributed by atoms with Crippen LogP contribution in [0.2, 0.25) is 0 Å². The maximum Gasteiger partial charge on any atom is 0.249 e. The van der Waals surface area contributed by atoms with Crippen LogP contribution in [-0.4, -0.2) is 44.2 Å². The highest BCUT2D eigenvalue weighted by molar-refractivity contribution is 5.50. The van der Waals surface area contributed by atoms with Gasteiger partial charge in [0.2, 0.25) is 6.16 Å². The van der Waals surface area contributed by atoms with E-state index in [9.17, 15) is 0 Å². The van der Waals surface area contributed by atoms with Crippen molar-refractivity contribution in [3.05, 3.63) is 0 Å². The Labute approximate surface area is 60.0 Å². The maximum atomic E-state index is 8.44. The van der Waals surface area contributed by atoms with Crippen LogP contribution in [0.1, 0.15) is 0 Å². The highest BCUT2D eigenvalue weighted by Crippen LogP contribution is 1.84. The molecule has 0 aliphatic heterocycles. The minimum atomic E-state index is -2.08. The Morgan fingerprint density at radius 3 is 1.60 bits per heavy atom. The van der Waals surface area contributed by atoms with Crippen molar-refractivity contribution in [2.75, 3.05) is 28.3 Å². The first-order valence-electron chi connectivity index (χ1n) is 2.56. The van der Waals surface area contributed by atoms with Crippen LogP contribution in [0.25, 0.3) is 0 Å². The molecular formula is C5H13NO4. The molecule has 0 aromatic heterocycles. The van der Waals surface area contributed by atoms with Gasteiger partial charge in [-0.3, -0.25) is 0 Å². The third kappa shape index (κ3) is 57.4. The van der Waals surface area contributed by atoms with Crippen LogP contribution < -0.4 is 5.11 Å². The Hall–Kier alpha value is -0.810. The zero-order valence-electron chi connectivity index (χ0n) is 6.62. The molecule has 0 aliphatic rings. The third-order valence-corrected chi connectivity index (χ3v) is 0.548. The molecule has 0 saturated carbocycles. The number of carboxylic acid groups (broad SMARTS) is 2. The molecule has 0 aromatic carbocycles. The highest BCUT2D eigenvalue weighted by Gasteiger charge is 2.00. The van der Waals surface area contributed by atoms with Gasteiger partial charge >= 0.3 is 0 Å². The normalized spacial score (nSPS) is 9.60. The van der Waals surface area contributed by atoms with Crippen LogP contribution in [0.15, 0.2) is 0 Å². The molecule has 0 aromatic rings. The quantitative estimate of drug-likeness (QED) is 0.391. The summed E-state index contributed by atoms with van der Waals surface area (Å²) in [7, 11) is 7.56. The van der Waals surface area contributed by atoms with Gasteiger partial charge in [0.15, 0.2) is 0 Å². The summed E-state index contributed by atoms with van der Waals surface area (Å²) in [4.78, 5) is 13.3. The van der Waals surface area contributed by atoms with Crippen molar-refractivity contribution in [2.24, 2.45) is 0 Å². The smallest absolute Gasteiger partial charge is 0.249 e. The van der Waals surface area contributed by atoms with Crippen LogP contribution in [0.4, 0.5) is 4.79 Å². The molecule has 5 heteroatoms. The Morgan fingerprint density at radius 2 is 1.60 bits per heavy atom. The van der Waals surface area contributed by atoms with Crippen LogP contribution in [-0.2, 0) is 4.84 Å². The molecule has 0 saturated heterocycles. The van der Waals surface area contributed by atoms with E-state index in [0.29, 0.717) is 4.65 Å². The summed E-state index contributed by atoms with van der Waals surface area (Å²) >= 11 is 0. The van der Waals surface area contributed by atoms with Gasteiger partial charge in [-0.15, -0.1) is 0 Å². The van der Waals surface area contributed by atoms with Crippen molar-refractivity contribution >= 4 is 6.16 Å². The van der Waals surface area contributed by atoms with Gasteiger partial charge in [-0.05, 0) is 0 Å². The topological polar surface area (TPSA) is 69.6 Å². The fourth-order valence-electron chi connectivity index (χ4n) is 0. The second-order valence-electron chi connectivity index (χ2n) is 2.34. The van der Waals surface area contributed by atoms with E-state index in [1.807, 2.05) is 21.1 Å². The molecule has 0 heterocycles. The summed E-state index contributed by atoms with van der Waals surface area (Å²) in [5.41, 5.74) is 0. The molecule has 0 atom stereocenters. The van der Waals surface area contributed by atoms with E-state index in [4.69, 9.17) is 19.8 Å². The molecule has 0 fully saturated rings. The Kier molecular flexibility index (Phi) is 5.98. The van der Waals surface area contributed by atoms with E-state index in [1.165, 1.54) is 0 Å². The lowest BCUT2D eigenvalue weighted by molar-refractivity contribution is -1.06. The van der Waals surface area contributed by atoms with Crippen molar-refractivity contribution in [1.82, 2.24) is 0 Å². The van der Waals surface area contributed by atoms with E-state index < -0.39 is 6.16 Å². The number of hydroxylamine groups is 3. The van der Waals surface area contributed by atoms with E-state index in [-0.39, 0.29) is 0 Å². The van der Waals surface area contributed by atoms with Gasteiger partial charge in [-0.25, -0.2) is 4.84 Å². The zero-order chi connectivity index (χ0) is 8.78. The van der Waals surface area contributed by atoms with Gasteiger partial charge in [-0.1, -0.05) is 0 Å². The number of hydrogen-bond acceptors (Lipinski definition) is 3. The number of carbonyl (C=O) groups is 1. The Morgan fingerprint density at radius 1 is 1.50 bits per heavy atom. The van der Waals surface area contributed by atoms with Crippen molar-refractivity contribution in [3.63, 3.8) is 0 Å². The standard InChI is InChI=1S/C4H12NO.CH2O3/c1-5(2,3)6-4;2-1(3)4/h1-4H3;(H2,2,3,4)/q+1;/p-1. The molecule has 1 N–H and O–H groups in total. The number of rotatable bonds is 1. The highest BCUT2D eigenvalue weighted by atomic mass is 16.7. The van der Waals surface area contributed by atoms with Gasteiger partial charge < -0.3 is 15.0 Å². The summed E-state index contributed by atoms with van der Waals surface area (Å²) in [5.74, 6) is 0. The zero-order valence-corrected chi connectivity index (χ0v) is 6.62. The van der Waals surface area contributed by atoms with E-state index in [1.54, 1.807) is 7.11 Å². The number of nitrogens with zero attached hydrogens (tertiary/aromatic N) is 1. The van der Waals surface area contributed by atoms with Crippen molar-refractivity contribution in [1.29, 1.82) is 0 Å². The molecule has 0 amide bonds. The molecular weight excluding hydrogens is 138 g/mol. The molecule has 0 bridgehead atoms. The predicted molar refractivity (Wildman–Crippen MR) is 33.1 cm³/mol. The summed E-state index contributed by atoms with van der Waals surface area (Å²) in [6.45, 7) is 0. The summed E-state index contributed by atoms with van der Waals surface area (Å²) in [6, 6.07) is 0. The number of hydrogen-bond donors (Lipinski definition) is 1. The van der Waals surface area contributed by atoms with Crippen LogP contribution in [0.5, 0.6) is 0 Å². The lowest BCUT2D eigenvalue weighted by Crippen LogP contribution is -2.32. The van der Waals surface area contributed by atoms with Gasteiger partial charge in [0.05, 0.1) is 28.3 Å². The van der Waals surface area contributed by atoms with Gasteiger partial charge in [0, 0.05) is 0 Å². The molecule has 10 heavy (non-hydrogen) atoms. The first kappa shape index (κ1) is 11.9. The maximum absolute atomic E-state index is 8.44. The van der Waals surface area contributed by atoms with Gasteiger partial charge in [-0.2, -0.15) is 4.65 Å². The lowest BCUT2D eigenvalue weighted by atomic mass is 10.9. The SMILES string of the molecule is CO[N+](C)(C)C.O=C([O-])O. The van der Waals surface area contributed by atoms with Gasteiger partial charge in [0.1, 0.15) is 0 Å². The monoisotopic (exact) mass is 151 g/mol. The molecule has 0 rings (SSSR count). The minimum Gasteiger partial charge on any atom is -0.565 e. The predicted octanol–water partition coefficient (Wildman–Crippen LogP) is -0.858. The van der Waals surface area contributed by atoms with Crippen LogP contribution in [0.3, 0.4) is 0 Å². The first-order chi connectivity index (χ1) is 4.29. The largest absolute Gasteiger partial charge is 0.565 e. The molecule has 62 valence electrons. The van der Waals surface area contributed by atoms with Crippen LogP contribution >= 0.6 is 0 Å².